The van der Waals surface area contributed by atoms with Crippen LogP contribution in [0.25, 0.3) is 10.8 Å². The maximum Gasteiger partial charge on any atom is 0.243 e. The SMILES string of the molecule is Cc1cccc(N2C(=O)CSC23CCN(S(=O)(=O)c2ccc4ccccc4c2)CC3)c1. The van der Waals surface area contributed by atoms with Crippen LogP contribution in [0.4, 0.5) is 5.69 Å². The van der Waals surface area contributed by atoms with E-state index in [1.165, 1.54) is 0 Å². The molecule has 2 fully saturated rings. The second kappa shape index (κ2) is 7.65. The molecule has 2 aliphatic heterocycles. The van der Waals surface area contributed by atoms with Gasteiger partial charge in [0.15, 0.2) is 0 Å². The molecule has 0 N–H and O–H groups in total. The molecular formula is C24H24N2O3S2. The van der Waals surface area contributed by atoms with Gasteiger partial charge in [0, 0.05) is 18.8 Å². The number of carbonyl (C=O) groups is 1. The number of piperidine rings is 1. The normalized spacial score (nSPS) is 19.4. The molecule has 0 aliphatic carbocycles. The van der Waals surface area contributed by atoms with E-state index in [1.807, 2.05) is 66.4 Å². The lowest BCUT2D eigenvalue weighted by Gasteiger charge is -2.43. The van der Waals surface area contributed by atoms with E-state index in [1.54, 1.807) is 28.2 Å². The van der Waals surface area contributed by atoms with Gasteiger partial charge in [-0.25, -0.2) is 8.42 Å². The van der Waals surface area contributed by atoms with Crippen molar-refractivity contribution < 1.29 is 13.2 Å². The number of rotatable bonds is 3. The van der Waals surface area contributed by atoms with Crippen molar-refractivity contribution in [3.63, 3.8) is 0 Å². The lowest BCUT2D eigenvalue weighted by molar-refractivity contribution is -0.116. The number of hydrogen-bond donors (Lipinski definition) is 0. The number of nitrogens with zero attached hydrogens (tertiary/aromatic N) is 2. The zero-order valence-corrected chi connectivity index (χ0v) is 19.0. The van der Waals surface area contributed by atoms with E-state index in [9.17, 15) is 13.2 Å². The van der Waals surface area contributed by atoms with Crippen LogP contribution in [0.1, 0.15) is 18.4 Å². The summed E-state index contributed by atoms with van der Waals surface area (Å²) < 4.78 is 28.2. The van der Waals surface area contributed by atoms with Crippen molar-refractivity contribution in [2.24, 2.45) is 0 Å². The minimum absolute atomic E-state index is 0.0986. The number of fused-ring (bicyclic) bond motifs is 1. The Morgan fingerprint density at radius 2 is 1.65 bits per heavy atom. The van der Waals surface area contributed by atoms with Gasteiger partial charge in [-0.1, -0.05) is 42.5 Å². The monoisotopic (exact) mass is 452 g/mol. The lowest BCUT2D eigenvalue weighted by Crippen LogP contribution is -2.53. The Morgan fingerprint density at radius 3 is 2.39 bits per heavy atom. The summed E-state index contributed by atoms with van der Waals surface area (Å²) in [5, 5.41) is 1.94. The summed E-state index contributed by atoms with van der Waals surface area (Å²) in [5.74, 6) is 0.534. The molecule has 2 saturated heterocycles. The summed E-state index contributed by atoms with van der Waals surface area (Å²) >= 11 is 1.65. The Bertz CT molecular complexity index is 1260. The van der Waals surface area contributed by atoms with Crippen molar-refractivity contribution in [3.05, 3.63) is 72.3 Å². The molecule has 0 atom stereocenters. The quantitative estimate of drug-likeness (QED) is 0.591. The van der Waals surface area contributed by atoms with Crippen LogP contribution in [0, 0.1) is 6.92 Å². The third-order valence-corrected chi connectivity index (χ3v) is 9.66. The molecule has 0 saturated carbocycles. The predicted octanol–water partition coefficient (Wildman–Crippen LogP) is 4.41. The van der Waals surface area contributed by atoms with Gasteiger partial charge >= 0.3 is 0 Å². The van der Waals surface area contributed by atoms with E-state index in [-0.39, 0.29) is 10.8 Å². The first-order valence-corrected chi connectivity index (χ1v) is 12.8. The van der Waals surface area contributed by atoms with Crippen LogP contribution in [0.5, 0.6) is 0 Å². The van der Waals surface area contributed by atoms with Crippen molar-refractivity contribution in [3.8, 4) is 0 Å². The number of hydrogen-bond acceptors (Lipinski definition) is 4. The second-order valence-corrected chi connectivity index (χ2v) is 11.5. The van der Waals surface area contributed by atoms with Crippen LogP contribution in [0.15, 0.2) is 71.6 Å². The van der Waals surface area contributed by atoms with E-state index in [0.717, 1.165) is 22.0 Å². The van der Waals surface area contributed by atoms with E-state index in [4.69, 9.17) is 0 Å². The zero-order valence-electron chi connectivity index (χ0n) is 17.3. The number of carbonyl (C=O) groups excluding carboxylic acids is 1. The van der Waals surface area contributed by atoms with E-state index >= 15 is 0 Å². The van der Waals surface area contributed by atoms with Crippen molar-refractivity contribution in [1.82, 2.24) is 4.31 Å². The maximum absolute atomic E-state index is 13.3. The Balaban J connectivity index is 1.40. The molecule has 7 heteroatoms. The summed E-state index contributed by atoms with van der Waals surface area (Å²) in [5.41, 5.74) is 2.01. The molecule has 2 aliphatic rings. The molecule has 1 spiro atoms. The van der Waals surface area contributed by atoms with Crippen LogP contribution in [0.2, 0.25) is 0 Å². The van der Waals surface area contributed by atoms with E-state index in [2.05, 4.69) is 0 Å². The van der Waals surface area contributed by atoms with Crippen LogP contribution >= 0.6 is 11.8 Å². The average Bonchev–Trinajstić information content (AvgIpc) is 3.09. The highest BCUT2D eigenvalue weighted by Crippen LogP contribution is 2.47. The first-order valence-electron chi connectivity index (χ1n) is 10.4. The number of anilines is 1. The summed E-state index contributed by atoms with van der Waals surface area (Å²) in [6, 6.07) is 21.1. The topological polar surface area (TPSA) is 57.7 Å². The molecule has 1 amide bonds. The highest BCUT2D eigenvalue weighted by atomic mass is 32.2. The third-order valence-electron chi connectivity index (χ3n) is 6.24. The Labute approximate surface area is 187 Å². The minimum Gasteiger partial charge on any atom is -0.296 e. The maximum atomic E-state index is 13.3. The summed E-state index contributed by atoms with van der Waals surface area (Å²) in [6.07, 6.45) is 1.23. The van der Waals surface area contributed by atoms with Gasteiger partial charge < -0.3 is 0 Å². The number of amides is 1. The van der Waals surface area contributed by atoms with Crippen molar-refractivity contribution in [2.45, 2.75) is 29.5 Å². The van der Waals surface area contributed by atoms with E-state index in [0.29, 0.717) is 36.6 Å². The van der Waals surface area contributed by atoms with Crippen molar-refractivity contribution >= 4 is 44.2 Å². The fourth-order valence-corrected chi connectivity index (χ4v) is 7.43. The van der Waals surface area contributed by atoms with Crippen molar-refractivity contribution in [1.29, 1.82) is 0 Å². The van der Waals surface area contributed by atoms with Gasteiger partial charge in [-0.3, -0.25) is 9.69 Å². The van der Waals surface area contributed by atoms with Crippen LogP contribution in [-0.2, 0) is 14.8 Å². The predicted molar refractivity (Wildman–Crippen MR) is 126 cm³/mol. The second-order valence-electron chi connectivity index (χ2n) is 8.22. The average molecular weight is 453 g/mol. The van der Waals surface area contributed by atoms with Gasteiger partial charge in [0.05, 0.1) is 15.5 Å². The molecule has 31 heavy (non-hydrogen) atoms. The molecule has 0 unspecified atom stereocenters. The van der Waals surface area contributed by atoms with Crippen LogP contribution in [-0.4, -0.2) is 42.3 Å². The Morgan fingerprint density at radius 1 is 0.903 bits per heavy atom. The number of thioether (sulfide) groups is 1. The molecule has 5 rings (SSSR count). The fourth-order valence-electron chi connectivity index (χ4n) is 4.62. The molecule has 0 bridgehead atoms. The van der Waals surface area contributed by atoms with Gasteiger partial charge in [0.25, 0.3) is 0 Å². The zero-order chi connectivity index (χ0) is 21.6. The third kappa shape index (κ3) is 3.54. The minimum atomic E-state index is -3.58. The molecular weight excluding hydrogens is 428 g/mol. The summed E-state index contributed by atoms with van der Waals surface area (Å²) in [7, 11) is -3.58. The molecule has 2 heterocycles. The molecule has 3 aromatic rings. The van der Waals surface area contributed by atoms with E-state index < -0.39 is 10.0 Å². The summed E-state index contributed by atoms with van der Waals surface area (Å²) in [6.45, 7) is 2.82. The Kier molecular flexibility index (Phi) is 5.07. The van der Waals surface area contributed by atoms with Gasteiger partial charge in [-0.15, -0.1) is 11.8 Å². The first-order chi connectivity index (χ1) is 14.9. The molecule has 0 aromatic heterocycles. The standard InChI is InChI=1S/C24H24N2O3S2/c1-18-5-4-8-21(15-18)26-23(27)17-30-24(26)11-13-25(14-12-24)31(28,29)22-10-9-19-6-2-3-7-20(19)16-22/h2-10,15-16H,11-14,17H2,1H3. The van der Waals surface area contributed by atoms with Gasteiger partial charge in [0.1, 0.15) is 0 Å². The largest absolute Gasteiger partial charge is 0.296 e. The number of sulfonamides is 1. The van der Waals surface area contributed by atoms with Crippen molar-refractivity contribution in [2.75, 3.05) is 23.7 Å². The van der Waals surface area contributed by atoms with Crippen LogP contribution < -0.4 is 4.90 Å². The fraction of sp³-hybridized carbons (Fsp3) is 0.292. The highest BCUT2D eigenvalue weighted by Gasteiger charge is 2.50. The van der Waals surface area contributed by atoms with Gasteiger partial charge in [-0.2, -0.15) is 4.31 Å². The molecule has 0 radical (unpaired) electrons. The molecule has 3 aromatic carbocycles. The number of aryl methyl sites for hydroxylation is 1. The lowest BCUT2D eigenvalue weighted by atomic mass is 10.0. The molecule has 5 nitrogen and oxygen atoms in total. The smallest absolute Gasteiger partial charge is 0.243 e. The highest BCUT2D eigenvalue weighted by molar-refractivity contribution is 8.02. The first kappa shape index (κ1) is 20.5. The van der Waals surface area contributed by atoms with Gasteiger partial charge in [0.2, 0.25) is 15.9 Å². The molecule has 160 valence electrons. The van der Waals surface area contributed by atoms with Crippen LogP contribution in [0.3, 0.4) is 0 Å². The number of benzene rings is 3. The Hall–Kier alpha value is -2.35. The summed E-state index contributed by atoms with van der Waals surface area (Å²) in [4.78, 5) is 14.6. The van der Waals surface area contributed by atoms with Gasteiger partial charge in [-0.05, 0) is 60.4 Å².